The van der Waals surface area contributed by atoms with E-state index >= 15 is 0 Å². The van der Waals surface area contributed by atoms with Crippen molar-refractivity contribution in [3.05, 3.63) is 64.6 Å². The number of hydrogen-bond donors (Lipinski definition) is 1. The smallest absolute Gasteiger partial charge is 0.276 e. The van der Waals surface area contributed by atoms with Crippen LogP contribution in [-0.2, 0) is 6.54 Å². The van der Waals surface area contributed by atoms with Crippen molar-refractivity contribution in [2.24, 2.45) is 0 Å². The average Bonchev–Trinajstić information content (AvgIpc) is 2.46. The SMILES string of the molecule is Nc1nn(Cc2ccccc2)c(=O)c2cccnc12. The summed E-state index contributed by atoms with van der Waals surface area (Å²) in [5.41, 5.74) is 7.12. The van der Waals surface area contributed by atoms with Gasteiger partial charge in [-0.15, -0.1) is 5.10 Å². The van der Waals surface area contributed by atoms with E-state index in [1.54, 1.807) is 18.3 Å². The van der Waals surface area contributed by atoms with E-state index in [0.29, 0.717) is 17.4 Å². The van der Waals surface area contributed by atoms with Crippen molar-refractivity contribution in [3.63, 3.8) is 0 Å². The molecule has 2 heterocycles. The van der Waals surface area contributed by atoms with Gasteiger partial charge in [-0.1, -0.05) is 30.3 Å². The van der Waals surface area contributed by atoms with Crippen LogP contribution in [0.3, 0.4) is 0 Å². The fraction of sp³-hybridized carbons (Fsp3) is 0.0714. The third kappa shape index (κ3) is 2.06. The van der Waals surface area contributed by atoms with Crippen LogP contribution < -0.4 is 11.3 Å². The van der Waals surface area contributed by atoms with Crippen molar-refractivity contribution in [1.29, 1.82) is 0 Å². The van der Waals surface area contributed by atoms with Crippen LogP contribution in [0.25, 0.3) is 10.9 Å². The van der Waals surface area contributed by atoms with Crippen LogP contribution in [0, 0.1) is 0 Å². The van der Waals surface area contributed by atoms with Gasteiger partial charge < -0.3 is 5.73 Å². The van der Waals surface area contributed by atoms with Crippen LogP contribution in [0.1, 0.15) is 5.56 Å². The lowest BCUT2D eigenvalue weighted by atomic mass is 10.2. The summed E-state index contributed by atoms with van der Waals surface area (Å²) in [6.45, 7) is 0.398. The number of nitrogens with two attached hydrogens (primary N) is 1. The van der Waals surface area contributed by atoms with Gasteiger partial charge in [0.15, 0.2) is 5.82 Å². The Labute approximate surface area is 109 Å². The Balaban J connectivity index is 2.15. The van der Waals surface area contributed by atoms with Crippen molar-refractivity contribution < 1.29 is 0 Å². The highest BCUT2D eigenvalue weighted by atomic mass is 16.1. The minimum absolute atomic E-state index is 0.179. The summed E-state index contributed by atoms with van der Waals surface area (Å²) < 4.78 is 1.37. The lowest BCUT2D eigenvalue weighted by Crippen LogP contribution is -2.25. The number of hydrogen-bond acceptors (Lipinski definition) is 4. The first-order valence-electron chi connectivity index (χ1n) is 5.91. The molecule has 19 heavy (non-hydrogen) atoms. The zero-order valence-corrected chi connectivity index (χ0v) is 10.2. The van der Waals surface area contributed by atoms with E-state index in [4.69, 9.17) is 5.73 Å². The highest BCUT2D eigenvalue weighted by molar-refractivity contribution is 5.85. The Morgan fingerprint density at radius 1 is 1.11 bits per heavy atom. The maximum absolute atomic E-state index is 12.3. The normalized spacial score (nSPS) is 10.7. The molecular formula is C14H12N4O. The highest BCUT2D eigenvalue weighted by Gasteiger charge is 2.09. The second-order valence-corrected chi connectivity index (χ2v) is 4.23. The van der Waals surface area contributed by atoms with E-state index in [9.17, 15) is 4.79 Å². The molecule has 0 fully saturated rings. The largest absolute Gasteiger partial charge is 0.380 e. The molecule has 0 saturated carbocycles. The van der Waals surface area contributed by atoms with Gasteiger partial charge in [-0.3, -0.25) is 9.78 Å². The zero-order chi connectivity index (χ0) is 13.2. The Kier molecular flexibility index (Phi) is 2.72. The fourth-order valence-corrected chi connectivity index (χ4v) is 2.01. The summed E-state index contributed by atoms with van der Waals surface area (Å²) in [4.78, 5) is 16.4. The topological polar surface area (TPSA) is 73.8 Å². The molecule has 0 unspecified atom stereocenters. The summed E-state index contributed by atoms with van der Waals surface area (Å²) in [5, 5.41) is 4.61. The first-order chi connectivity index (χ1) is 9.25. The second-order valence-electron chi connectivity index (χ2n) is 4.23. The van der Waals surface area contributed by atoms with Gasteiger partial charge in [-0.25, -0.2) is 4.68 Å². The summed E-state index contributed by atoms with van der Waals surface area (Å²) >= 11 is 0. The Morgan fingerprint density at radius 3 is 2.68 bits per heavy atom. The number of benzene rings is 1. The molecule has 3 aromatic rings. The van der Waals surface area contributed by atoms with Crippen molar-refractivity contribution in [2.75, 3.05) is 5.73 Å². The van der Waals surface area contributed by atoms with Gasteiger partial charge in [0.2, 0.25) is 0 Å². The van der Waals surface area contributed by atoms with Crippen molar-refractivity contribution in [1.82, 2.24) is 14.8 Å². The second kappa shape index (κ2) is 4.53. The van der Waals surface area contributed by atoms with E-state index in [1.165, 1.54) is 4.68 Å². The third-order valence-electron chi connectivity index (χ3n) is 2.92. The van der Waals surface area contributed by atoms with Crippen LogP contribution in [0.15, 0.2) is 53.5 Å². The van der Waals surface area contributed by atoms with Crippen LogP contribution in [0.2, 0.25) is 0 Å². The highest BCUT2D eigenvalue weighted by Crippen LogP contribution is 2.11. The van der Waals surface area contributed by atoms with Gasteiger partial charge in [0.05, 0.1) is 11.9 Å². The van der Waals surface area contributed by atoms with Gasteiger partial charge in [-0.2, -0.15) is 0 Å². The minimum atomic E-state index is -0.179. The number of rotatable bonds is 2. The minimum Gasteiger partial charge on any atom is -0.380 e. The standard InChI is InChI=1S/C14H12N4O/c15-13-12-11(7-4-8-16-12)14(19)18(17-13)9-10-5-2-1-3-6-10/h1-8H,9H2,(H2,15,17). The van der Waals surface area contributed by atoms with Crippen molar-refractivity contribution >= 4 is 16.7 Å². The number of nitrogen functional groups attached to an aromatic ring is 1. The van der Waals surface area contributed by atoms with E-state index in [-0.39, 0.29) is 11.4 Å². The molecule has 0 aliphatic carbocycles. The van der Waals surface area contributed by atoms with Crippen LogP contribution in [-0.4, -0.2) is 14.8 Å². The molecule has 2 aromatic heterocycles. The number of nitrogens with zero attached hydrogens (tertiary/aromatic N) is 3. The predicted molar refractivity (Wildman–Crippen MR) is 73.8 cm³/mol. The fourth-order valence-electron chi connectivity index (χ4n) is 2.01. The molecule has 0 aliphatic rings. The summed E-state index contributed by atoms with van der Waals surface area (Å²) in [6, 6.07) is 13.1. The molecule has 5 heteroatoms. The molecule has 1 aromatic carbocycles. The monoisotopic (exact) mass is 252 g/mol. The summed E-state index contributed by atoms with van der Waals surface area (Å²) in [7, 11) is 0. The van der Waals surface area contributed by atoms with Crippen molar-refractivity contribution in [3.8, 4) is 0 Å². The zero-order valence-electron chi connectivity index (χ0n) is 10.2. The number of fused-ring (bicyclic) bond motifs is 1. The first kappa shape index (κ1) is 11.4. The molecule has 0 aliphatic heterocycles. The predicted octanol–water partition coefficient (Wildman–Crippen LogP) is 1.42. The maximum Gasteiger partial charge on any atom is 0.276 e. The van der Waals surface area contributed by atoms with E-state index in [1.807, 2.05) is 30.3 Å². The number of anilines is 1. The van der Waals surface area contributed by atoms with Crippen molar-refractivity contribution in [2.45, 2.75) is 6.54 Å². The summed E-state index contributed by atoms with van der Waals surface area (Å²) in [6.07, 6.45) is 1.60. The van der Waals surface area contributed by atoms with Gasteiger partial charge in [-0.05, 0) is 17.7 Å². The van der Waals surface area contributed by atoms with Gasteiger partial charge >= 0.3 is 0 Å². The number of pyridine rings is 1. The van der Waals surface area contributed by atoms with Gasteiger partial charge in [0, 0.05) is 6.20 Å². The molecule has 0 spiro atoms. The van der Waals surface area contributed by atoms with E-state index < -0.39 is 0 Å². The number of aromatic nitrogens is 3. The Hall–Kier alpha value is -2.69. The summed E-state index contributed by atoms with van der Waals surface area (Å²) in [5.74, 6) is 0.270. The molecule has 94 valence electrons. The molecule has 0 amide bonds. The average molecular weight is 252 g/mol. The van der Waals surface area contributed by atoms with Gasteiger partial charge in [0.1, 0.15) is 5.52 Å². The molecule has 0 radical (unpaired) electrons. The van der Waals surface area contributed by atoms with Gasteiger partial charge in [0.25, 0.3) is 5.56 Å². The molecule has 0 atom stereocenters. The quantitative estimate of drug-likeness (QED) is 0.748. The van der Waals surface area contributed by atoms with Crippen LogP contribution in [0.4, 0.5) is 5.82 Å². The Bertz CT molecular complexity index is 780. The molecule has 0 bridgehead atoms. The maximum atomic E-state index is 12.3. The molecule has 3 rings (SSSR count). The van der Waals surface area contributed by atoms with E-state index in [2.05, 4.69) is 10.1 Å². The molecule has 2 N–H and O–H groups in total. The van der Waals surface area contributed by atoms with Crippen LogP contribution in [0.5, 0.6) is 0 Å². The first-order valence-corrected chi connectivity index (χ1v) is 5.91. The molecule has 5 nitrogen and oxygen atoms in total. The molecular weight excluding hydrogens is 240 g/mol. The Morgan fingerprint density at radius 2 is 1.89 bits per heavy atom. The third-order valence-corrected chi connectivity index (χ3v) is 2.92. The van der Waals surface area contributed by atoms with E-state index in [0.717, 1.165) is 5.56 Å². The molecule has 0 saturated heterocycles. The van der Waals surface area contributed by atoms with Crippen LogP contribution >= 0.6 is 0 Å². The lowest BCUT2D eigenvalue weighted by Gasteiger charge is -2.07. The lowest BCUT2D eigenvalue weighted by molar-refractivity contribution is 0.651.